The van der Waals surface area contributed by atoms with Crippen molar-refractivity contribution < 1.29 is 23.7 Å². The molecule has 0 amide bonds. The van der Waals surface area contributed by atoms with Gasteiger partial charge in [0.15, 0.2) is 0 Å². The Labute approximate surface area is 126 Å². The standard InChI is InChI=1S/C16H26O5/c1-10(5-13-6-11(2)20-13)8-18-16(17)19-9-12-3-4-14-15(7-12)21-14/h10-15H,3-9H2,1-2H3/t10-,11?,12?,13?,14?,15?/m0/s1. The van der Waals surface area contributed by atoms with Crippen LogP contribution in [0, 0.1) is 11.8 Å². The Morgan fingerprint density at radius 2 is 2.00 bits per heavy atom. The highest BCUT2D eigenvalue weighted by Crippen LogP contribution is 2.39. The molecule has 0 aromatic rings. The lowest BCUT2D eigenvalue weighted by atomic mass is 9.90. The third-order valence-electron chi connectivity index (χ3n) is 4.72. The minimum absolute atomic E-state index is 0.311. The summed E-state index contributed by atoms with van der Waals surface area (Å²) in [6, 6.07) is 0. The summed E-state index contributed by atoms with van der Waals surface area (Å²) in [6.07, 6.45) is 6.36. The first-order chi connectivity index (χ1) is 10.1. The van der Waals surface area contributed by atoms with E-state index in [0.29, 0.717) is 49.5 Å². The number of fused-ring (bicyclic) bond motifs is 1. The van der Waals surface area contributed by atoms with Crippen LogP contribution in [0.1, 0.15) is 46.0 Å². The smallest absolute Gasteiger partial charge is 0.434 e. The van der Waals surface area contributed by atoms with Crippen molar-refractivity contribution in [1.29, 1.82) is 0 Å². The molecular formula is C16H26O5. The number of ether oxygens (including phenoxy) is 4. The van der Waals surface area contributed by atoms with Crippen LogP contribution in [0.5, 0.6) is 0 Å². The molecule has 5 unspecified atom stereocenters. The molecule has 5 heteroatoms. The van der Waals surface area contributed by atoms with E-state index in [9.17, 15) is 4.79 Å². The number of hydrogen-bond acceptors (Lipinski definition) is 5. The van der Waals surface area contributed by atoms with Gasteiger partial charge in [-0.1, -0.05) is 6.92 Å². The molecule has 2 aliphatic heterocycles. The van der Waals surface area contributed by atoms with Crippen molar-refractivity contribution in [2.75, 3.05) is 13.2 Å². The Balaban J connectivity index is 1.24. The number of carbonyl (C=O) groups excluding carboxylic acids is 1. The number of epoxide rings is 1. The lowest BCUT2D eigenvalue weighted by molar-refractivity contribution is -0.124. The molecule has 120 valence electrons. The minimum atomic E-state index is -0.538. The van der Waals surface area contributed by atoms with Gasteiger partial charge in [0.2, 0.25) is 0 Å². The van der Waals surface area contributed by atoms with E-state index in [1.807, 2.05) is 0 Å². The number of rotatable bonds is 6. The average Bonchev–Trinajstić information content (AvgIpc) is 3.19. The second kappa shape index (κ2) is 6.53. The topological polar surface area (TPSA) is 57.3 Å². The molecule has 21 heavy (non-hydrogen) atoms. The summed E-state index contributed by atoms with van der Waals surface area (Å²) in [5.41, 5.74) is 0. The van der Waals surface area contributed by atoms with E-state index in [4.69, 9.17) is 18.9 Å². The van der Waals surface area contributed by atoms with Gasteiger partial charge in [0.25, 0.3) is 0 Å². The molecule has 6 atom stereocenters. The summed E-state index contributed by atoms with van der Waals surface area (Å²) in [4.78, 5) is 11.6. The zero-order valence-electron chi connectivity index (χ0n) is 13.0. The highest BCUT2D eigenvalue weighted by Gasteiger charge is 2.44. The largest absolute Gasteiger partial charge is 0.508 e. The number of hydrogen-bond donors (Lipinski definition) is 0. The van der Waals surface area contributed by atoms with Gasteiger partial charge in [0.05, 0.1) is 37.6 Å². The summed E-state index contributed by atoms with van der Waals surface area (Å²) >= 11 is 0. The molecule has 5 nitrogen and oxygen atoms in total. The van der Waals surface area contributed by atoms with Crippen LogP contribution in [0.4, 0.5) is 4.79 Å². The van der Waals surface area contributed by atoms with Crippen molar-refractivity contribution in [2.24, 2.45) is 11.8 Å². The van der Waals surface area contributed by atoms with E-state index in [1.165, 1.54) is 0 Å². The third-order valence-corrected chi connectivity index (χ3v) is 4.72. The van der Waals surface area contributed by atoms with Crippen molar-refractivity contribution in [3.8, 4) is 0 Å². The molecule has 3 fully saturated rings. The highest BCUT2D eigenvalue weighted by molar-refractivity contribution is 5.59. The first-order valence-electron chi connectivity index (χ1n) is 8.20. The molecular weight excluding hydrogens is 272 g/mol. The van der Waals surface area contributed by atoms with Gasteiger partial charge in [-0.25, -0.2) is 4.79 Å². The summed E-state index contributed by atoms with van der Waals surface area (Å²) in [6.45, 7) is 5.02. The summed E-state index contributed by atoms with van der Waals surface area (Å²) in [5.74, 6) is 0.744. The van der Waals surface area contributed by atoms with Crippen molar-refractivity contribution in [2.45, 2.75) is 70.4 Å². The summed E-state index contributed by atoms with van der Waals surface area (Å²) < 4.78 is 21.4. The van der Waals surface area contributed by atoms with Crippen molar-refractivity contribution in [3.05, 3.63) is 0 Å². The van der Waals surface area contributed by atoms with Crippen LogP contribution in [0.25, 0.3) is 0 Å². The van der Waals surface area contributed by atoms with Crippen molar-refractivity contribution in [1.82, 2.24) is 0 Å². The molecule has 1 aliphatic carbocycles. The van der Waals surface area contributed by atoms with E-state index in [2.05, 4.69) is 13.8 Å². The Kier molecular flexibility index (Phi) is 4.69. The van der Waals surface area contributed by atoms with E-state index in [1.54, 1.807) is 0 Å². The molecule has 0 radical (unpaired) electrons. The van der Waals surface area contributed by atoms with Crippen LogP contribution < -0.4 is 0 Å². The maximum atomic E-state index is 11.6. The van der Waals surface area contributed by atoms with Crippen LogP contribution in [0.15, 0.2) is 0 Å². The average molecular weight is 298 g/mol. The maximum Gasteiger partial charge on any atom is 0.508 e. The van der Waals surface area contributed by atoms with Crippen molar-refractivity contribution >= 4 is 6.16 Å². The van der Waals surface area contributed by atoms with E-state index in [-0.39, 0.29) is 0 Å². The van der Waals surface area contributed by atoms with Crippen LogP contribution in [-0.4, -0.2) is 43.8 Å². The molecule has 2 heterocycles. The molecule has 3 rings (SSSR count). The van der Waals surface area contributed by atoms with Gasteiger partial charge in [0, 0.05) is 0 Å². The van der Waals surface area contributed by atoms with Gasteiger partial charge in [-0.05, 0) is 50.9 Å². The van der Waals surface area contributed by atoms with Crippen LogP contribution in [0.2, 0.25) is 0 Å². The number of carbonyl (C=O) groups is 1. The molecule has 0 aromatic heterocycles. The monoisotopic (exact) mass is 298 g/mol. The molecule has 3 aliphatic rings. The highest BCUT2D eigenvalue weighted by atomic mass is 16.7. The Morgan fingerprint density at radius 3 is 2.71 bits per heavy atom. The van der Waals surface area contributed by atoms with Crippen LogP contribution in [0.3, 0.4) is 0 Å². The minimum Gasteiger partial charge on any atom is -0.434 e. The van der Waals surface area contributed by atoms with Gasteiger partial charge in [0.1, 0.15) is 0 Å². The van der Waals surface area contributed by atoms with Gasteiger partial charge in [-0.3, -0.25) is 0 Å². The predicted octanol–water partition coefficient (Wildman–Crippen LogP) is 2.91. The van der Waals surface area contributed by atoms with Crippen LogP contribution in [-0.2, 0) is 18.9 Å². The second-order valence-corrected chi connectivity index (χ2v) is 6.91. The van der Waals surface area contributed by atoms with Gasteiger partial charge in [-0.2, -0.15) is 0 Å². The fourth-order valence-corrected chi connectivity index (χ4v) is 3.43. The van der Waals surface area contributed by atoms with Gasteiger partial charge >= 0.3 is 6.16 Å². The fourth-order valence-electron chi connectivity index (χ4n) is 3.43. The molecule has 0 bridgehead atoms. The maximum absolute atomic E-state index is 11.6. The summed E-state index contributed by atoms with van der Waals surface area (Å²) in [5, 5.41) is 0. The summed E-state index contributed by atoms with van der Waals surface area (Å²) in [7, 11) is 0. The molecule has 1 saturated carbocycles. The van der Waals surface area contributed by atoms with Crippen LogP contribution >= 0.6 is 0 Å². The molecule has 0 spiro atoms. The Hall–Kier alpha value is -0.810. The normalized spacial score (nSPS) is 38.9. The quantitative estimate of drug-likeness (QED) is 0.557. The lowest BCUT2D eigenvalue weighted by Crippen LogP contribution is -2.36. The van der Waals surface area contributed by atoms with E-state index < -0.39 is 6.16 Å². The molecule has 2 saturated heterocycles. The second-order valence-electron chi connectivity index (χ2n) is 6.91. The van der Waals surface area contributed by atoms with Crippen molar-refractivity contribution in [3.63, 3.8) is 0 Å². The van der Waals surface area contributed by atoms with E-state index >= 15 is 0 Å². The Bertz CT molecular complexity index is 366. The predicted molar refractivity (Wildman–Crippen MR) is 76.0 cm³/mol. The first-order valence-corrected chi connectivity index (χ1v) is 8.20. The SMILES string of the molecule is CC1CC(C[C@H](C)COC(=O)OCC2CCC3OC3C2)O1. The van der Waals surface area contributed by atoms with E-state index in [0.717, 1.165) is 32.1 Å². The third kappa shape index (κ3) is 4.33. The zero-order chi connectivity index (χ0) is 14.8. The fraction of sp³-hybridized carbons (Fsp3) is 0.938. The van der Waals surface area contributed by atoms with Gasteiger partial charge in [-0.15, -0.1) is 0 Å². The molecule has 0 N–H and O–H groups in total. The zero-order valence-corrected chi connectivity index (χ0v) is 13.0. The van der Waals surface area contributed by atoms with Gasteiger partial charge < -0.3 is 18.9 Å². The Morgan fingerprint density at radius 1 is 1.19 bits per heavy atom. The molecule has 0 aromatic carbocycles. The first kappa shape index (κ1) is 15.1. The lowest BCUT2D eigenvalue weighted by Gasteiger charge is -2.35.